The average molecular weight is 369 g/mol. The Labute approximate surface area is 157 Å². The number of benzene rings is 1. The van der Waals surface area contributed by atoms with E-state index in [1.165, 1.54) is 23.7 Å². The Bertz CT molecular complexity index is 966. The fraction of sp³-hybridized carbons (Fsp3) is 0.400. The van der Waals surface area contributed by atoms with Crippen LogP contribution in [0.1, 0.15) is 38.1 Å². The highest BCUT2D eigenvalue weighted by Gasteiger charge is 2.29. The van der Waals surface area contributed by atoms with Crippen molar-refractivity contribution in [2.24, 2.45) is 0 Å². The minimum atomic E-state index is -0.337. The molecule has 5 rings (SSSR count). The van der Waals surface area contributed by atoms with Crippen molar-refractivity contribution in [1.82, 2.24) is 14.5 Å². The van der Waals surface area contributed by atoms with Gasteiger partial charge in [0, 0.05) is 16.9 Å². The number of rotatable bonds is 4. The summed E-state index contributed by atoms with van der Waals surface area (Å²) < 4.78 is 2.36. The highest BCUT2D eigenvalue weighted by molar-refractivity contribution is 6.33. The minimum absolute atomic E-state index is 0.0123. The molecule has 0 spiro atoms. The second-order valence-corrected chi connectivity index (χ2v) is 7.74. The molecule has 2 fully saturated rings. The van der Waals surface area contributed by atoms with E-state index in [0.717, 1.165) is 30.7 Å². The van der Waals surface area contributed by atoms with E-state index in [1.807, 2.05) is 0 Å². The van der Waals surface area contributed by atoms with Gasteiger partial charge in [0.15, 0.2) is 0 Å². The lowest BCUT2D eigenvalue weighted by Gasteiger charge is -2.17. The van der Waals surface area contributed by atoms with E-state index in [4.69, 9.17) is 16.6 Å². The van der Waals surface area contributed by atoms with Crippen molar-refractivity contribution in [3.05, 3.63) is 41.6 Å². The number of para-hydroxylation sites is 1. The number of aliphatic hydroxyl groups excluding tert-OH is 1. The summed E-state index contributed by atoms with van der Waals surface area (Å²) in [4.78, 5) is 9.05. The first kappa shape index (κ1) is 16.1. The molecule has 0 radical (unpaired) electrons. The Kier molecular flexibility index (Phi) is 3.87. The van der Waals surface area contributed by atoms with Crippen molar-refractivity contribution in [1.29, 1.82) is 0 Å². The van der Waals surface area contributed by atoms with Crippen LogP contribution in [0, 0.1) is 0 Å². The fourth-order valence-corrected chi connectivity index (χ4v) is 4.16. The van der Waals surface area contributed by atoms with Gasteiger partial charge >= 0.3 is 0 Å². The number of aromatic nitrogens is 3. The molecule has 3 aromatic rings. The van der Waals surface area contributed by atoms with Crippen LogP contribution in [-0.4, -0.2) is 31.8 Å². The first-order chi connectivity index (χ1) is 12.7. The van der Waals surface area contributed by atoms with Gasteiger partial charge in [-0.2, -0.15) is 0 Å². The van der Waals surface area contributed by atoms with Gasteiger partial charge in [0.05, 0.1) is 29.1 Å². The summed E-state index contributed by atoms with van der Waals surface area (Å²) >= 11 is 6.49. The van der Waals surface area contributed by atoms with Crippen LogP contribution in [0.4, 0.5) is 5.95 Å². The summed E-state index contributed by atoms with van der Waals surface area (Å²) in [6, 6.07) is 11.1. The molecule has 2 aromatic heterocycles. The monoisotopic (exact) mass is 368 g/mol. The first-order valence-electron chi connectivity index (χ1n) is 9.28. The highest BCUT2D eigenvalue weighted by atomic mass is 35.5. The third kappa shape index (κ3) is 2.75. The summed E-state index contributed by atoms with van der Waals surface area (Å²) in [5, 5.41) is 15.1. The summed E-state index contributed by atoms with van der Waals surface area (Å²) in [6.07, 6.45) is 6.48. The Hall–Kier alpha value is -2.11. The van der Waals surface area contributed by atoms with E-state index >= 15 is 0 Å². The lowest BCUT2D eigenvalue weighted by atomic mass is 10.2. The maximum atomic E-state index is 10.1. The summed E-state index contributed by atoms with van der Waals surface area (Å²) in [5.41, 5.74) is 3.01. The molecule has 0 saturated heterocycles. The average Bonchev–Trinajstić information content (AvgIpc) is 3.30. The highest BCUT2D eigenvalue weighted by Crippen LogP contribution is 2.43. The Morgan fingerprint density at radius 2 is 2.00 bits per heavy atom. The molecule has 2 aliphatic rings. The second-order valence-electron chi connectivity index (χ2n) is 7.33. The molecule has 2 aliphatic carbocycles. The maximum Gasteiger partial charge on any atom is 0.223 e. The molecule has 0 unspecified atom stereocenters. The Morgan fingerprint density at radius 1 is 1.15 bits per heavy atom. The van der Waals surface area contributed by atoms with Crippen LogP contribution < -0.4 is 5.32 Å². The number of nitrogens with zero attached hydrogens (tertiary/aromatic N) is 3. The molecular weight excluding hydrogens is 348 g/mol. The van der Waals surface area contributed by atoms with Crippen molar-refractivity contribution in [3.63, 3.8) is 0 Å². The fourth-order valence-electron chi connectivity index (χ4n) is 3.98. The van der Waals surface area contributed by atoms with Gasteiger partial charge < -0.3 is 15.0 Å². The largest absolute Gasteiger partial charge is 0.391 e. The molecule has 2 atom stereocenters. The van der Waals surface area contributed by atoms with E-state index in [9.17, 15) is 5.11 Å². The number of aliphatic hydroxyl groups is 1. The number of hydrogen-bond donors (Lipinski definition) is 2. The molecular formula is C20H21ClN4O. The van der Waals surface area contributed by atoms with Crippen LogP contribution in [0.5, 0.6) is 0 Å². The molecule has 2 N–H and O–H groups in total. The van der Waals surface area contributed by atoms with Crippen LogP contribution in [-0.2, 0) is 0 Å². The van der Waals surface area contributed by atoms with Gasteiger partial charge in [0.2, 0.25) is 5.95 Å². The van der Waals surface area contributed by atoms with Crippen LogP contribution >= 0.6 is 11.6 Å². The molecule has 0 bridgehead atoms. The van der Waals surface area contributed by atoms with Gasteiger partial charge in [-0.1, -0.05) is 29.8 Å². The van der Waals surface area contributed by atoms with Gasteiger partial charge in [-0.15, -0.1) is 0 Å². The molecule has 134 valence electrons. The lowest BCUT2D eigenvalue weighted by molar-refractivity contribution is 0.171. The molecule has 0 aliphatic heterocycles. The van der Waals surface area contributed by atoms with Crippen LogP contribution in [0.3, 0.4) is 0 Å². The van der Waals surface area contributed by atoms with Gasteiger partial charge in [0.1, 0.15) is 5.69 Å². The number of fused-ring (bicyclic) bond motifs is 1. The minimum Gasteiger partial charge on any atom is -0.391 e. The molecule has 5 nitrogen and oxygen atoms in total. The van der Waals surface area contributed by atoms with Crippen LogP contribution in [0.15, 0.2) is 36.5 Å². The van der Waals surface area contributed by atoms with E-state index < -0.39 is 0 Å². The van der Waals surface area contributed by atoms with Gasteiger partial charge in [-0.25, -0.2) is 9.97 Å². The molecule has 0 amide bonds. The van der Waals surface area contributed by atoms with Crippen molar-refractivity contribution in [2.75, 3.05) is 5.32 Å². The number of halogens is 1. The smallest absolute Gasteiger partial charge is 0.223 e. The van der Waals surface area contributed by atoms with Crippen LogP contribution in [0.2, 0.25) is 5.02 Å². The zero-order valence-electron chi connectivity index (χ0n) is 14.4. The molecule has 1 aromatic carbocycles. The maximum absolute atomic E-state index is 10.1. The quantitative estimate of drug-likeness (QED) is 0.715. The van der Waals surface area contributed by atoms with E-state index in [-0.39, 0.29) is 12.1 Å². The predicted octanol–water partition coefficient (Wildman–Crippen LogP) is 4.41. The van der Waals surface area contributed by atoms with Gasteiger partial charge in [-0.05, 0) is 44.2 Å². The number of hydrogen-bond acceptors (Lipinski definition) is 4. The second kappa shape index (κ2) is 6.25. The van der Waals surface area contributed by atoms with Crippen molar-refractivity contribution < 1.29 is 5.11 Å². The molecule has 2 heterocycles. The topological polar surface area (TPSA) is 63.0 Å². The number of anilines is 1. The SMILES string of the molecule is O[C@@H]1CCC[C@H]1Nc1ncc(Cl)c(-c2cc3ccccc3n2C2CC2)n1. The van der Waals surface area contributed by atoms with E-state index in [2.05, 4.69) is 45.2 Å². The summed E-state index contributed by atoms with van der Waals surface area (Å²) in [5.74, 6) is 0.531. The van der Waals surface area contributed by atoms with Gasteiger partial charge in [0.25, 0.3) is 0 Å². The summed E-state index contributed by atoms with van der Waals surface area (Å²) in [7, 11) is 0. The Balaban J connectivity index is 1.58. The molecule has 6 heteroatoms. The van der Waals surface area contributed by atoms with Crippen molar-refractivity contribution >= 4 is 28.5 Å². The first-order valence-corrected chi connectivity index (χ1v) is 9.66. The standard InChI is InChI=1S/C20H21ClN4O/c21-14-11-22-20(23-15-5-3-7-18(15)26)24-19(14)17-10-12-4-1-2-6-16(12)25(17)13-8-9-13/h1-2,4,6,10-11,13,15,18,26H,3,5,7-9H2,(H,22,23,24)/t15-,18-/m1/s1. The van der Waals surface area contributed by atoms with E-state index in [1.54, 1.807) is 6.20 Å². The summed E-state index contributed by atoms with van der Waals surface area (Å²) in [6.45, 7) is 0. The van der Waals surface area contributed by atoms with Crippen molar-refractivity contribution in [3.8, 4) is 11.4 Å². The molecule has 2 saturated carbocycles. The predicted molar refractivity (Wildman–Crippen MR) is 104 cm³/mol. The van der Waals surface area contributed by atoms with Gasteiger partial charge in [-0.3, -0.25) is 0 Å². The normalized spacial score (nSPS) is 22.8. The molecule has 26 heavy (non-hydrogen) atoms. The number of nitrogens with one attached hydrogen (secondary N) is 1. The zero-order valence-corrected chi connectivity index (χ0v) is 15.2. The third-order valence-electron chi connectivity index (χ3n) is 5.44. The Morgan fingerprint density at radius 3 is 2.77 bits per heavy atom. The lowest BCUT2D eigenvalue weighted by Crippen LogP contribution is -2.28. The van der Waals surface area contributed by atoms with E-state index in [0.29, 0.717) is 17.0 Å². The van der Waals surface area contributed by atoms with Crippen LogP contribution in [0.25, 0.3) is 22.3 Å². The van der Waals surface area contributed by atoms with Crippen molar-refractivity contribution in [2.45, 2.75) is 50.3 Å². The third-order valence-corrected chi connectivity index (χ3v) is 5.72. The zero-order chi connectivity index (χ0) is 17.7.